The highest BCUT2D eigenvalue weighted by atomic mass is 16.6. The van der Waals surface area contributed by atoms with E-state index in [0.29, 0.717) is 19.8 Å². The minimum atomic E-state index is -0.861. The summed E-state index contributed by atoms with van der Waals surface area (Å²) in [6, 6.07) is 15.3. The third kappa shape index (κ3) is 5.58. The van der Waals surface area contributed by atoms with E-state index in [2.05, 4.69) is 6.58 Å². The molecule has 1 aliphatic rings. The van der Waals surface area contributed by atoms with Crippen molar-refractivity contribution in [1.82, 2.24) is 0 Å². The van der Waals surface area contributed by atoms with Crippen LogP contribution in [0.5, 0.6) is 11.5 Å². The Morgan fingerprint density at radius 3 is 1.93 bits per heavy atom. The Hall–Kier alpha value is -2.38. The monoisotopic (exact) mass is 400 g/mol. The minimum Gasteiger partial charge on any atom is -0.497 e. The first-order chi connectivity index (χ1) is 14.1. The Morgan fingerprint density at radius 2 is 1.45 bits per heavy atom. The van der Waals surface area contributed by atoms with Crippen molar-refractivity contribution in [2.45, 2.75) is 37.6 Å². The first kappa shape index (κ1) is 21.3. The van der Waals surface area contributed by atoms with E-state index in [0.717, 1.165) is 22.6 Å². The molecule has 1 unspecified atom stereocenters. The van der Waals surface area contributed by atoms with Gasteiger partial charge in [-0.25, -0.2) is 0 Å². The van der Waals surface area contributed by atoms with Gasteiger partial charge in [0.25, 0.3) is 0 Å². The van der Waals surface area contributed by atoms with E-state index < -0.39 is 24.4 Å². The summed E-state index contributed by atoms with van der Waals surface area (Å²) in [5.41, 5.74) is 1.98. The van der Waals surface area contributed by atoms with Crippen LogP contribution in [0.15, 0.2) is 61.2 Å². The van der Waals surface area contributed by atoms with Crippen molar-refractivity contribution >= 4 is 0 Å². The first-order valence-corrected chi connectivity index (χ1v) is 9.56. The molecule has 0 aliphatic carbocycles. The Labute approximate surface area is 171 Å². The molecular formula is C23H28O6. The van der Waals surface area contributed by atoms with E-state index in [1.54, 1.807) is 20.3 Å². The van der Waals surface area contributed by atoms with Crippen LogP contribution >= 0.6 is 0 Å². The molecule has 1 aliphatic heterocycles. The Morgan fingerprint density at radius 1 is 0.931 bits per heavy atom. The zero-order valence-corrected chi connectivity index (χ0v) is 16.8. The summed E-state index contributed by atoms with van der Waals surface area (Å²) in [5, 5.41) is 10.7. The van der Waals surface area contributed by atoms with Gasteiger partial charge in [-0.3, -0.25) is 0 Å². The molecule has 1 fully saturated rings. The molecule has 2 aromatic rings. The molecule has 1 saturated heterocycles. The molecule has 6 nitrogen and oxygen atoms in total. The third-order valence-corrected chi connectivity index (χ3v) is 4.95. The number of hydrogen-bond donors (Lipinski definition) is 1. The lowest BCUT2D eigenvalue weighted by Gasteiger charge is -2.39. The van der Waals surface area contributed by atoms with Crippen LogP contribution in [-0.4, -0.2) is 50.3 Å². The first-order valence-electron chi connectivity index (χ1n) is 9.56. The quantitative estimate of drug-likeness (QED) is 0.653. The maximum absolute atomic E-state index is 10.7. The molecular weight excluding hydrogens is 372 g/mol. The highest BCUT2D eigenvalue weighted by Crippen LogP contribution is 2.24. The predicted molar refractivity (Wildman–Crippen MR) is 109 cm³/mol. The highest BCUT2D eigenvalue weighted by Gasteiger charge is 2.39. The maximum atomic E-state index is 10.7. The van der Waals surface area contributed by atoms with E-state index in [4.69, 9.17) is 23.7 Å². The standard InChI is InChI=1S/C23H28O6/c1-4-20-22(24)23(29-14-17-7-11-19(26-3)12-8-17)21(15-28-20)27-13-16-5-9-18(25-2)10-6-16/h4-12,20-24H,1,13-15H2,2-3H3/t20?,21-,22+,23+/m1/s1. The number of ether oxygens (including phenoxy) is 5. The Kier molecular flexibility index (Phi) is 7.66. The average molecular weight is 400 g/mol. The van der Waals surface area contributed by atoms with Gasteiger partial charge < -0.3 is 28.8 Å². The molecule has 6 heteroatoms. The second kappa shape index (κ2) is 10.4. The van der Waals surface area contributed by atoms with Crippen LogP contribution in [0.3, 0.4) is 0 Å². The highest BCUT2D eigenvalue weighted by molar-refractivity contribution is 5.27. The van der Waals surface area contributed by atoms with E-state index in [1.807, 2.05) is 48.5 Å². The fraction of sp³-hybridized carbons (Fsp3) is 0.391. The van der Waals surface area contributed by atoms with Crippen LogP contribution in [0.2, 0.25) is 0 Å². The van der Waals surface area contributed by atoms with Gasteiger partial charge in [-0.15, -0.1) is 6.58 Å². The molecule has 0 spiro atoms. The van der Waals surface area contributed by atoms with E-state index in [9.17, 15) is 5.11 Å². The SMILES string of the molecule is C=CC1OC[C@@H](OCc2ccc(OC)cc2)[C@H](OCc2ccc(OC)cc2)[C@H]1O. The van der Waals surface area contributed by atoms with Crippen LogP contribution in [-0.2, 0) is 27.4 Å². The van der Waals surface area contributed by atoms with Crippen molar-refractivity contribution in [1.29, 1.82) is 0 Å². The molecule has 1 heterocycles. The largest absolute Gasteiger partial charge is 0.497 e. The van der Waals surface area contributed by atoms with Crippen LogP contribution in [0.1, 0.15) is 11.1 Å². The average Bonchev–Trinajstić information content (AvgIpc) is 2.77. The number of benzene rings is 2. The summed E-state index contributed by atoms with van der Waals surface area (Å²) in [4.78, 5) is 0. The van der Waals surface area contributed by atoms with Gasteiger partial charge in [-0.2, -0.15) is 0 Å². The van der Waals surface area contributed by atoms with Gasteiger partial charge in [0.15, 0.2) is 0 Å². The fourth-order valence-corrected chi connectivity index (χ4v) is 3.20. The van der Waals surface area contributed by atoms with Gasteiger partial charge in [0.1, 0.15) is 35.9 Å². The van der Waals surface area contributed by atoms with Gasteiger partial charge in [-0.05, 0) is 35.4 Å². The van der Waals surface area contributed by atoms with Crippen molar-refractivity contribution in [3.63, 3.8) is 0 Å². The van der Waals surface area contributed by atoms with Crippen molar-refractivity contribution < 1.29 is 28.8 Å². The number of methoxy groups -OCH3 is 2. The number of rotatable bonds is 9. The topological polar surface area (TPSA) is 66.4 Å². The molecule has 0 saturated carbocycles. The van der Waals surface area contributed by atoms with Gasteiger partial charge >= 0.3 is 0 Å². The van der Waals surface area contributed by atoms with E-state index >= 15 is 0 Å². The van der Waals surface area contributed by atoms with Crippen molar-refractivity contribution in [3.8, 4) is 11.5 Å². The molecule has 4 atom stereocenters. The molecule has 0 bridgehead atoms. The molecule has 0 radical (unpaired) electrons. The number of aliphatic hydroxyl groups excluding tert-OH is 1. The summed E-state index contributed by atoms with van der Waals surface area (Å²) >= 11 is 0. The number of hydrogen-bond acceptors (Lipinski definition) is 6. The van der Waals surface area contributed by atoms with Crippen molar-refractivity contribution in [2.24, 2.45) is 0 Å². The zero-order valence-electron chi connectivity index (χ0n) is 16.8. The molecule has 2 aromatic carbocycles. The van der Waals surface area contributed by atoms with Gasteiger partial charge in [0, 0.05) is 0 Å². The summed E-state index contributed by atoms with van der Waals surface area (Å²) in [5.74, 6) is 1.58. The van der Waals surface area contributed by atoms with Crippen molar-refractivity contribution in [3.05, 3.63) is 72.3 Å². The van der Waals surface area contributed by atoms with Crippen LogP contribution in [0.4, 0.5) is 0 Å². The molecule has 29 heavy (non-hydrogen) atoms. The minimum absolute atomic E-state index is 0.317. The van der Waals surface area contributed by atoms with E-state index in [-0.39, 0.29) is 0 Å². The molecule has 1 N–H and O–H groups in total. The Balaban J connectivity index is 1.63. The van der Waals surface area contributed by atoms with Gasteiger partial charge in [-0.1, -0.05) is 30.3 Å². The molecule has 156 valence electrons. The van der Waals surface area contributed by atoms with Gasteiger partial charge in [0.2, 0.25) is 0 Å². The summed E-state index contributed by atoms with van der Waals surface area (Å²) < 4.78 is 28.1. The lowest BCUT2D eigenvalue weighted by molar-refractivity contribution is -0.212. The summed E-state index contributed by atoms with van der Waals surface area (Å²) in [6.45, 7) is 4.78. The maximum Gasteiger partial charge on any atom is 0.118 e. The van der Waals surface area contributed by atoms with Crippen LogP contribution in [0, 0.1) is 0 Å². The molecule has 0 amide bonds. The Bertz CT molecular complexity index is 758. The fourth-order valence-electron chi connectivity index (χ4n) is 3.20. The predicted octanol–water partition coefficient (Wildman–Crippen LogP) is 3.12. The van der Waals surface area contributed by atoms with Crippen molar-refractivity contribution in [2.75, 3.05) is 20.8 Å². The van der Waals surface area contributed by atoms with Gasteiger partial charge in [0.05, 0.1) is 34.0 Å². The second-order valence-electron chi connectivity index (χ2n) is 6.85. The lowest BCUT2D eigenvalue weighted by atomic mass is 9.99. The summed E-state index contributed by atoms with van der Waals surface area (Å²) in [6.07, 6.45) is -0.695. The summed E-state index contributed by atoms with van der Waals surface area (Å²) in [7, 11) is 3.26. The number of aliphatic hydroxyl groups is 1. The lowest BCUT2D eigenvalue weighted by Crippen LogP contribution is -2.54. The van der Waals surface area contributed by atoms with Crippen LogP contribution < -0.4 is 9.47 Å². The smallest absolute Gasteiger partial charge is 0.118 e. The normalized spacial score (nSPS) is 24.1. The second-order valence-corrected chi connectivity index (χ2v) is 6.85. The molecule has 3 rings (SSSR count). The zero-order chi connectivity index (χ0) is 20.6. The van der Waals surface area contributed by atoms with Crippen LogP contribution in [0.25, 0.3) is 0 Å². The third-order valence-electron chi connectivity index (χ3n) is 4.95. The molecule has 0 aromatic heterocycles. The van der Waals surface area contributed by atoms with E-state index in [1.165, 1.54) is 0 Å².